The number of nitriles is 1. The third kappa shape index (κ3) is 6.23. The first kappa shape index (κ1) is 35.5. The van der Waals surface area contributed by atoms with Crippen molar-refractivity contribution in [1.82, 2.24) is 20.0 Å². The zero-order valence-corrected chi connectivity index (χ0v) is 31.5. The number of fused-ring (bicyclic) bond motifs is 2. The van der Waals surface area contributed by atoms with Gasteiger partial charge in [0.05, 0.1) is 21.7 Å². The van der Waals surface area contributed by atoms with Crippen LogP contribution in [-0.2, 0) is 22.7 Å². The first-order valence-corrected chi connectivity index (χ1v) is 19.6. The molecule has 13 heteroatoms. The number of benzene rings is 3. The SMILES string of the molecule is C[C@H]1CC2(CCN(c3ccc(C(=O)N4CC(CN5Cc6cc7c(cc6C5)C(=O)N(C5CCC(=O)NC5=O)C7=O)C4)cc3)CC2)CN1c1ccc(C#N)c(Cl)c1. The molecule has 6 aliphatic heterocycles. The van der Waals surface area contributed by atoms with Gasteiger partial charge in [-0.15, -0.1) is 0 Å². The summed E-state index contributed by atoms with van der Waals surface area (Å²) in [7, 11) is 0. The van der Waals surface area contributed by atoms with Gasteiger partial charge in [0.1, 0.15) is 12.1 Å². The van der Waals surface area contributed by atoms with Crippen LogP contribution in [0.5, 0.6) is 0 Å². The molecule has 6 aliphatic rings. The molecule has 4 fully saturated rings. The van der Waals surface area contributed by atoms with Gasteiger partial charge in [-0.1, -0.05) is 11.6 Å². The quantitative estimate of drug-likeness (QED) is 0.358. The maximum Gasteiger partial charge on any atom is 0.262 e. The number of halogens is 1. The summed E-state index contributed by atoms with van der Waals surface area (Å²) in [5.74, 6) is -1.60. The number of hydrogen-bond acceptors (Lipinski definition) is 9. The number of amides is 5. The maximum absolute atomic E-state index is 13.4. The number of carbonyl (C=O) groups excluding carboxylic acids is 5. The van der Waals surface area contributed by atoms with E-state index in [4.69, 9.17) is 11.6 Å². The summed E-state index contributed by atoms with van der Waals surface area (Å²) in [5, 5.41) is 12.0. The highest BCUT2D eigenvalue weighted by Crippen LogP contribution is 2.46. The van der Waals surface area contributed by atoms with E-state index in [2.05, 4.69) is 45.1 Å². The Morgan fingerprint density at radius 2 is 1.58 bits per heavy atom. The van der Waals surface area contributed by atoms with Gasteiger partial charge >= 0.3 is 0 Å². The van der Waals surface area contributed by atoms with E-state index < -0.39 is 29.7 Å². The summed E-state index contributed by atoms with van der Waals surface area (Å²) >= 11 is 6.37. The molecular weight excluding hydrogens is 718 g/mol. The number of likely N-dealkylation sites (tertiary alicyclic amines) is 1. The molecule has 12 nitrogen and oxygen atoms in total. The predicted molar refractivity (Wildman–Crippen MR) is 205 cm³/mol. The minimum atomic E-state index is -0.973. The second kappa shape index (κ2) is 13.5. The summed E-state index contributed by atoms with van der Waals surface area (Å²) in [6, 6.07) is 18.9. The van der Waals surface area contributed by atoms with E-state index in [0.29, 0.717) is 65.4 Å². The van der Waals surface area contributed by atoms with E-state index in [-0.39, 0.29) is 24.2 Å². The molecule has 1 spiro atoms. The lowest BCUT2D eigenvalue weighted by molar-refractivity contribution is -0.136. The maximum atomic E-state index is 13.4. The molecule has 9 rings (SSSR count). The zero-order chi connectivity index (χ0) is 38.2. The van der Waals surface area contributed by atoms with Crippen molar-refractivity contribution in [3.8, 4) is 6.07 Å². The highest BCUT2D eigenvalue weighted by atomic mass is 35.5. The van der Waals surface area contributed by atoms with Crippen molar-refractivity contribution < 1.29 is 24.0 Å². The smallest absolute Gasteiger partial charge is 0.262 e. The van der Waals surface area contributed by atoms with Gasteiger partial charge in [-0.05, 0) is 104 Å². The molecule has 6 heterocycles. The van der Waals surface area contributed by atoms with Crippen LogP contribution in [0.15, 0.2) is 54.6 Å². The van der Waals surface area contributed by atoms with Gasteiger partial charge in [0.2, 0.25) is 11.8 Å². The molecule has 0 bridgehead atoms. The topological polar surface area (TPSA) is 137 Å². The van der Waals surface area contributed by atoms with E-state index >= 15 is 0 Å². The van der Waals surface area contributed by atoms with Crippen molar-refractivity contribution in [2.45, 2.75) is 64.2 Å². The van der Waals surface area contributed by atoms with Crippen LogP contribution in [0.2, 0.25) is 5.02 Å². The van der Waals surface area contributed by atoms with Crippen molar-refractivity contribution >= 4 is 52.5 Å². The van der Waals surface area contributed by atoms with Gasteiger partial charge in [-0.3, -0.25) is 39.1 Å². The lowest BCUT2D eigenvalue weighted by Gasteiger charge is -2.41. The van der Waals surface area contributed by atoms with Crippen LogP contribution in [-0.4, -0.2) is 95.6 Å². The molecule has 55 heavy (non-hydrogen) atoms. The molecule has 1 N–H and O–H groups in total. The first-order chi connectivity index (χ1) is 26.5. The van der Waals surface area contributed by atoms with Crippen LogP contribution in [0.25, 0.3) is 0 Å². The van der Waals surface area contributed by atoms with E-state index in [1.54, 1.807) is 12.1 Å². The summed E-state index contributed by atoms with van der Waals surface area (Å²) in [5.41, 5.74) is 6.28. The second-order valence-electron chi connectivity index (χ2n) is 16.4. The average molecular weight is 760 g/mol. The van der Waals surface area contributed by atoms with Gasteiger partial charge in [0.15, 0.2) is 0 Å². The first-order valence-electron chi connectivity index (χ1n) is 19.2. The standard InChI is InChI=1S/C42H42ClN7O5/c1-25-17-42(24-49(25)32-7-4-28(18-44)35(43)16-32)10-12-47(13-11-42)31-5-2-27(3-6-31)39(53)48-20-26(21-48)19-46-22-29-14-33-34(15-30(29)23-46)41(55)50(40(33)54)36-8-9-37(51)45-38(36)52/h2-7,14-16,25-26,36H,8-13,17,19-24H2,1H3,(H,45,51,52)/t25-,36?/m0/s1. The Hall–Kier alpha value is -5.25. The Labute approximate surface area is 324 Å². The number of nitrogens with one attached hydrogen (secondary N) is 1. The third-order valence-electron chi connectivity index (χ3n) is 12.8. The van der Waals surface area contributed by atoms with Crippen LogP contribution in [0, 0.1) is 22.7 Å². The Bertz CT molecular complexity index is 2140. The number of piperidine rings is 2. The molecule has 0 aromatic heterocycles. The van der Waals surface area contributed by atoms with Gasteiger partial charge in [-0.25, -0.2) is 0 Å². The molecule has 282 valence electrons. The molecule has 1 unspecified atom stereocenters. The van der Waals surface area contributed by atoms with Crippen molar-refractivity contribution in [3.63, 3.8) is 0 Å². The van der Waals surface area contributed by atoms with E-state index in [9.17, 15) is 29.2 Å². The molecule has 4 saturated heterocycles. The molecule has 3 aromatic rings. The van der Waals surface area contributed by atoms with Crippen LogP contribution < -0.4 is 15.1 Å². The second-order valence-corrected chi connectivity index (χ2v) is 16.8. The largest absolute Gasteiger partial charge is 0.371 e. The number of nitrogens with zero attached hydrogens (tertiary/aromatic N) is 6. The molecule has 0 saturated carbocycles. The number of hydrogen-bond donors (Lipinski definition) is 1. The van der Waals surface area contributed by atoms with Gasteiger partial charge in [-0.2, -0.15) is 5.26 Å². The number of rotatable bonds is 6. The Balaban J connectivity index is 0.750. The van der Waals surface area contributed by atoms with Crippen molar-refractivity contribution in [1.29, 1.82) is 5.26 Å². The minimum Gasteiger partial charge on any atom is -0.371 e. The Morgan fingerprint density at radius 1 is 0.927 bits per heavy atom. The lowest BCUT2D eigenvalue weighted by Crippen LogP contribution is -2.54. The van der Waals surface area contributed by atoms with Crippen molar-refractivity contribution in [2.24, 2.45) is 11.3 Å². The number of carbonyl (C=O) groups is 5. The monoisotopic (exact) mass is 759 g/mol. The predicted octanol–water partition coefficient (Wildman–Crippen LogP) is 4.59. The normalized spacial score (nSPS) is 23.6. The lowest BCUT2D eigenvalue weighted by atomic mass is 9.76. The fourth-order valence-electron chi connectivity index (χ4n) is 9.82. The van der Waals surface area contributed by atoms with Crippen molar-refractivity contribution in [3.05, 3.63) is 93.0 Å². The number of imide groups is 2. The minimum absolute atomic E-state index is 0.0436. The molecule has 5 amide bonds. The van der Waals surface area contributed by atoms with E-state index in [1.165, 1.54) is 0 Å². The third-order valence-corrected chi connectivity index (χ3v) is 13.1. The van der Waals surface area contributed by atoms with Crippen LogP contribution in [0.1, 0.15) is 86.8 Å². The highest BCUT2D eigenvalue weighted by molar-refractivity contribution is 6.32. The summed E-state index contributed by atoms with van der Waals surface area (Å²) in [6.07, 6.45) is 3.54. The molecule has 0 radical (unpaired) electrons. The molecule has 2 atom stereocenters. The van der Waals surface area contributed by atoms with Crippen LogP contribution >= 0.6 is 11.6 Å². The fourth-order valence-corrected chi connectivity index (χ4v) is 10.0. The highest BCUT2D eigenvalue weighted by Gasteiger charge is 2.46. The summed E-state index contributed by atoms with van der Waals surface area (Å²) < 4.78 is 0. The molecular formula is C42H42ClN7O5. The Kier molecular flexibility index (Phi) is 8.70. The van der Waals surface area contributed by atoms with Gasteiger partial charge < -0.3 is 14.7 Å². The van der Waals surface area contributed by atoms with Crippen LogP contribution in [0.4, 0.5) is 11.4 Å². The summed E-state index contributed by atoms with van der Waals surface area (Å²) in [6.45, 7) is 8.65. The molecule has 0 aliphatic carbocycles. The molecule has 3 aromatic carbocycles. The zero-order valence-electron chi connectivity index (χ0n) is 30.7. The van der Waals surface area contributed by atoms with Crippen molar-refractivity contribution in [2.75, 3.05) is 49.1 Å². The van der Waals surface area contributed by atoms with E-state index in [1.807, 2.05) is 35.2 Å². The summed E-state index contributed by atoms with van der Waals surface area (Å²) in [4.78, 5) is 74.0. The van der Waals surface area contributed by atoms with Gasteiger partial charge in [0.25, 0.3) is 17.7 Å². The Morgan fingerprint density at radius 3 is 2.20 bits per heavy atom. The van der Waals surface area contributed by atoms with E-state index in [0.717, 1.165) is 72.8 Å². The number of anilines is 2. The fraction of sp³-hybridized carbons (Fsp3) is 0.429. The van der Waals surface area contributed by atoms with Crippen LogP contribution in [0.3, 0.4) is 0 Å². The average Bonchev–Trinajstić information content (AvgIpc) is 3.79. The van der Waals surface area contributed by atoms with Gasteiger partial charge in [0, 0.05) is 87.7 Å².